The Morgan fingerprint density at radius 1 is 1.39 bits per heavy atom. The average molecular weight is 317 g/mol. The number of imidazole rings is 1. The van der Waals surface area contributed by atoms with Crippen LogP contribution < -0.4 is 0 Å². The third kappa shape index (κ3) is 3.57. The molecule has 6 heteroatoms. The van der Waals surface area contributed by atoms with Crippen LogP contribution in [0.4, 0.5) is 8.78 Å². The zero-order valence-corrected chi connectivity index (χ0v) is 12.5. The normalized spacial score (nSPS) is 16.8. The van der Waals surface area contributed by atoms with E-state index >= 15 is 0 Å². The maximum Gasteiger partial charge on any atom is 0.162 e. The van der Waals surface area contributed by atoms with Crippen molar-refractivity contribution in [2.24, 2.45) is 5.92 Å². The number of rotatable bonds is 6. The molecule has 23 heavy (non-hydrogen) atoms. The molecule has 1 heterocycles. The summed E-state index contributed by atoms with van der Waals surface area (Å²) in [7, 11) is 0. The Hall–Kier alpha value is -2.26. The van der Waals surface area contributed by atoms with Crippen LogP contribution >= 0.6 is 0 Å². The first-order chi connectivity index (χ1) is 11.0. The van der Waals surface area contributed by atoms with E-state index < -0.39 is 17.2 Å². The second-order valence-electron chi connectivity index (χ2n) is 6.28. The van der Waals surface area contributed by atoms with Gasteiger partial charge in [-0.2, -0.15) is 5.26 Å². The Balaban J connectivity index is 1.87. The summed E-state index contributed by atoms with van der Waals surface area (Å²) in [6.07, 6.45) is 5.44. The topological polar surface area (TPSA) is 61.8 Å². The van der Waals surface area contributed by atoms with Crippen LogP contribution in [-0.2, 0) is 13.0 Å². The molecule has 0 saturated heterocycles. The van der Waals surface area contributed by atoms with Crippen LogP contribution in [0, 0.1) is 28.9 Å². The van der Waals surface area contributed by atoms with Crippen LogP contribution in [0.15, 0.2) is 30.7 Å². The number of aliphatic hydroxyl groups is 1. The van der Waals surface area contributed by atoms with E-state index in [-0.39, 0.29) is 18.5 Å². The quantitative estimate of drug-likeness (QED) is 0.891. The van der Waals surface area contributed by atoms with Crippen molar-refractivity contribution < 1.29 is 13.9 Å². The molecule has 0 radical (unpaired) electrons. The Bertz CT molecular complexity index is 749. The van der Waals surface area contributed by atoms with E-state index in [4.69, 9.17) is 5.26 Å². The van der Waals surface area contributed by atoms with Gasteiger partial charge >= 0.3 is 0 Å². The van der Waals surface area contributed by atoms with Crippen molar-refractivity contribution in [3.8, 4) is 6.07 Å². The van der Waals surface area contributed by atoms with Crippen molar-refractivity contribution >= 4 is 0 Å². The van der Waals surface area contributed by atoms with E-state index in [0.29, 0.717) is 18.0 Å². The van der Waals surface area contributed by atoms with Crippen LogP contribution in [0.3, 0.4) is 0 Å². The molecule has 1 N–H and O–H groups in total. The minimum Gasteiger partial charge on any atom is -0.388 e. The molecule has 120 valence electrons. The fourth-order valence-corrected chi connectivity index (χ4v) is 2.95. The van der Waals surface area contributed by atoms with E-state index in [2.05, 4.69) is 4.98 Å². The standard InChI is InChI=1S/C17H17F2N3O/c18-15-3-1-2-13(16(15)19)7-17(23,6-12-4-5-12)10-22-11-21-9-14(22)8-20/h1-3,9,11-12,23H,4-7,10H2. The van der Waals surface area contributed by atoms with Crippen molar-refractivity contribution in [1.82, 2.24) is 9.55 Å². The van der Waals surface area contributed by atoms with Gasteiger partial charge in [0.15, 0.2) is 11.6 Å². The lowest BCUT2D eigenvalue weighted by atomic mass is 9.88. The molecule has 1 aliphatic carbocycles. The maximum atomic E-state index is 14.0. The highest BCUT2D eigenvalue weighted by molar-refractivity contribution is 5.22. The summed E-state index contributed by atoms with van der Waals surface area (Å²) >= 11 is 0. The van der Waals surface area contributed by atoms with E-state index in [9.17, 15) is 13.9 Å². The van der Waals surface area contributed by atoms with Gasteiger partial charge in [0.2, 0.25) is 0 Å². The van der Waals surface area contributed by atoms with Crippen molar-refractivity contribution in [2.75, 3.05) is 0 Å². The largest absolute Gasteiger partial charge is 0.388 e. The van der Waals surface area contributed by atoms with Crippen LogP contribution in [0.5, 0.6) is 0 Å². The second kappa shape index (κ2) is 6.09. The van der Waals surface area contributed by atoms with Crippen LogP contribution in [0.25, 0.3) is 0 Å². The summed E-state index contributed by atoms with van der Waals surface area (Å²) < 4.78 is 28.9. The predicted octanol–water partition coefficient (Wildman–Crippen LogP) is 2.81. The molecule has 1 aromatic carbocycles. The third-order valence-electron chi connectivity index (χ3n) is 4.21. The predicted molar refractivity (Wildman–Crippen MR) is 79.3 cm³/mol. The van der Waals surface area contributed by atoms with E-state index in [1.807, 2.05) is 6.07 Å². The Morgan fingerprint density at radius 3 is 2.87 bits per heavy atom. The summed E-state index contributed by atoms with van der Waals surface area (Å²) in [5.74, 6) is -1.45. The van der Waals surface area contributed by atoms with Crippen LogP contribution in [0.2, 0.25) is 0 Å². The minimum absolute atomic E-state index is 0.00383. The van der Waals surface area contributed by atoms with Crippen molar-refractivity contribution in [2.45, 2.75) is 37.8 Å². The monoisotopic (exact) mass is 317 g/mol. The van der Waals surface area contributed by atoms with Gasteiger partial charge in [-0.05, 0) is 24.0 Å². The van der Waals surface area contributed by atoms with Gasteiger partial charge in [-0.3, -0.25) is 0 Å². The van der Waals surface area contributed by atoms with Crippen molar-refractivity contribution in [3.63, 3.8) is 0 Å². The van der Waals surface area contributed by atoms with E-state index in [1.54, 1.807) is 4.57 Å². The Morgan fingerprint density at radius 2 is 2.17 bits per heavy atom. The molecular formula is C17H17F2N3O. The van der Waals surface area contributed by atoms with E-state index in [1.165, 1.54) is 24.7 Å². The fraction of sp³-hybridized carbons (Fsp3) is 0.412. The highest BCUT2D eigenvalue weighted by Gasteiger charge is 2.37. The molecule has 4 nitrogen and oxygen atoms in total. The second-order valence-corrected chi connectivity index (χ2v) is 6.28. The summed E-state index contributed by atoms with van der Waals surface area (Å²) in [5.41, 5.74) is -0.770. The SMILES string of the molecule is N#Cc1cncn1CC(O)(Cc1cccc(F)c1F)CC1CC1. The number of benzene rings is 1. The lowest BCUT2D eigenvalue weighted by molar-refractivity contribution is 0.00817. The molecule has 1 atom stereocenters. The maximum absolute atomic E-state index is 14.0. The molecule has 0 bridgehead atoms. The number of aromatic nitrogens is 2. The Kier molecular flexibility index (Phi) is 4.14. The average Bonchev–Trinajstić information content (AvgIpc) is 3.20. The number of nitriles is 1. The fourth-order valence-electron chi connectivity index (χ4n) is 2.95. The minimum atomic E-state index is -1.25. The summed E-state index contributed by atoms with van der Waals surface area (Å²) in [6.45, 7) is 0.127. The zero-order chi connectivity index (χ0) is 16.4. The first-order valence-electron chi connectivity index (χ1n) is 7.56. The van der Waals surface area contributed by atoms with Crippen LogP contribution in [0.1, 0.15) is 30.5 Å². The molecule has 1 fully saturated rings. The third-order valence-corrected chi connectivity index (χ3v) is 4.21. The van der Waals surface area contributed by atoms with Gasteiger partial charge in [0.1, 0.15) is 11.8 Å². The van der Waals surface area contributed by atoms with Gasteiger partial charge in [0.05, 0.1) is 24.7 Å². The van der Waals surface area contributed by atoms with Crippen molar-refractivity contribution in [3.05, 3.63) is 53.6 Å². The molecule has 1 aromatic heterocycles. The molecule has 0 aliphatic heterocycles. The Labute approximate surface area is 133 Å². The smallest absolute Gasteiger partial charge is 0.162 e. The number of hydrogen-bond acceptors (Lipinski definition) is 3. The number of halogens is 2. The number of nitrogens with zero attached hydrogens (tertiary/aromatic N) is 3. The van der Waals surface area contributed by atoms with Gasteiger partial charge in [-0.25, -0.2) is 13.8 Å². The molecule has 3 rings (SSSR count). The van der Waals surface area contributed by atoms with Gasteiger partial charge in [-0.1, -0.05) is 25.0 Å². The van der Waals surface area contributed by atoms with Gasteiger partial charge < -0.3 is 9.67 Å². The number of hydrogen-bond donors (Lipinski definition) is 1. The highest BCUT2D eigenvalue weighted by atomic mass is 19.2. The zero-order valence-electron chi connectivity index (χ0n) is 12.5. The molecule has 0 spiro atoms. The van der Waals surface area contributed by atoms with Crippen LogP contribution in [-0.4, -0.2) is 20.3 Å². The molecule has 1 unspecified atom stereocenters. The molecular weight excluding hydrogens is 300 g/mol. The molecule has 1 aliphatic rings. The first-order valence-corrected chi connectivity index (χ1v) is 7.56. The lowest BCUT2D eigenvalue weighted by Crippen LogP contribution is -2.38. The van der Waals surface area contributed by atoms with Gasteiger partial charge in [0.25, 0.3) is 0 Å². The summed E-state index contributed by atoms with van der Waals surface area (Å²) in [5, 5.41) is 20.1. The molecule has 0 amide bonds. The van der Waals surface area contributed by atoms with E-state index in [0.717, 1.165) is 18.9 Å². The summed E-state index contributed by atoms with van der Waals surface area (Å²) in [6, 6.07) is 5.98. The molecule has 2 aromatic rings. The van der Waals surface area contributed by atoms with Gasteiger partial charge in [0, 0.05) is 6.42 Å². The first kappa shape index (κ1) is 15.6. The summed E-state index contributed by atoms with van der Waals surface area (Å²) in [4.78, 5) is 3.91. The highest BCUT2D eigenvalue weighted by Crippen LogP contribution is 2.39. The van der Waals surface area contributed by atoms with Crippen molar-refractivity contribution in [1.29, 1.82) is 5.26 Å². The lowest BCUT2D eigenvalue weighted by Gasteiger charge is -2.29. The molecule has 1 saturated carbocycles. The van der Waals surface area contributed by atoms with Gasteiger partial charge in [-0.15, -0.1) is 0 Å².